The molecule has 0 aliphatic carbocycles. The van der Waals surface area contributed by atoms with Crippen LogP contribution in [0, 0.1) is 23.7 Å². The number of aryl methyl sites for hydroxylation is 1. The first kappa shape index (κ1) is 27.4. The Kier molecular flexibility index (Phi) is 8.60. The maximum absolute atomic E-state index is 12.5. The van der Waals surface area contributed by atoms with Crippen LogP contribution in [0.4, 0.5) is 0 Å². The number of carbonyl (C=O) groups excluding carboxylic acids is 1. The molecular weight excluding hydrogens is 532 g/mol. The number of benzene rings is 2. The topological polar surface area (TPSA) is 128 Å². The molecule has 0 atom stereocenters. The Bertz CT molecular complexity index is 1800. The van der Waals surface area contributed by atoms with Crippen LogP contribution in [-0.2, 0) is 16.1 Å². The van der Waals surface area contributed by atoms with Gasteiger partial charge in [0.15, 0.2) is 11.1 Å². The Hall–Kier alpha value is -4.66. The number of para-hydroxylation sites is 1. The van der Waals surface area contributed by atoms with E-state index in [0.29, 0.717) is 17.0 Å². The molecule has 198 valence electrons. The minimum atomic E-state index is -0.803. The van der Waals surface area contributed by atoms with Gasteiger partial charge in [-0.1, -0.05) is 54.1 Å². The van der Waals surface area contributed by atoms with Gasteiger partial charge in [-0.15, -0.1) is 34.4 Å². The van der Waals surface area contributed by atoms with Gasteiger partial charge in [0.05, 0.1) is 12.3 Å². The van der Waals surface area contributed by atoms with Gasteiger partial charge in [0.1, 0.15) is 15.3 Å². The van der Waals surface area contributed by atoms with E-state index in [2.05, 4.69) is 17.1 Å². The van der Waals surface area contributed by atoms with Crippen molar-refractivity contribution in [2.45, 2.75) is 20.4 Å². The van der Waals surface area contributed by atoms with Crippen molar-refractivity contribution in [2.75, 3.05) is 6.61 Å². The number of carbonyl (C=O) groups is 1. The predicted octanol–water partition coefficient (Wildman–Crippen LogP) is 3.01. The number of rotatable bonds is 8. The fraction of sp³-hybridized carbons (Fsp3) is 0.143. The second-order valence-electron chi connectivity index (χ2n) is 8.20. The van der Waals surface area contributed by atoms with Gasteiger partial charge >= 0.3 is 5.97 Å². The van der Waals surface area contributed by atoms with Crippen molar-refractivity contribution >= 4 is 40.1 Å². The average molecular weight is 559 g/mol. The first-order valence-corrected chi connectivity index (χ1v) is 13.6. The molecule has 0 aliphatic heterocycles. The second-order valence-corrected chi connectivity index (χ2v) is 10.0. The molecule has 11 heteroatoms. The van der Waals surface area contributed by atoms with Crippen LogP contribution in [0.3, 0.4) is 0 Å². The van der Waals surface area contributed by atoms with Crippen molar-refractivity contribution in [1.29, 1.82) is 10.7 Å². The van der Waals surface area contributed by atoms with E-state index in [1.165, 1.54) is 15.9 Å². The Balaban J connectivity index is 1.88. The Labute approximate surface area is 232 Å². The highest BCUT2D eigenvalue weighted by atomic mass is 32.1. The molecule has 0 bridgehead atoms. The smallest absolute Gasteiger partial charge is 0.351 e. The van der Waals surface area contributed by atoms with E-state index in [1.807, 2.05) is 53.3 Å². The zero-order valence-electron chi connectivity index (χ0n) is 21.3. The third kappa shape index (κ3) is 5.77. The van der Waals surface area contributed by atoms with Crippen LogP contribution < -0.4 is 24.9 Å². The van der Waals surface area contributed by atoms with Gasteiger partial charge in [0.2, 0.25) is 10.7 Å². The van der Waals surface area contributed by atoms with Gasteiger partial charge in [-0.2, -0.15) is 5.26 Å². The SMILES string of the molecule is C=CCn1c(-c2ccc(C)cc2)cs/c1=N/N/C(O)=c1/s/c(=C(/C#N)C(=O)OCC)n(-c2ccccc2)c1=N. The van der Waals surface area contributed by atoms with Crippen molar-refractivity contribution in [3.8, 4) is 23.0 Å². The first-order chi connectivity index (χ1) is 18.9. The molecule has 0 fully saturated rings. The fourth-order valence-electron chi connectivity index (χ4n) is 3.76. The molecule has 2 heterocycles. The molecule has 0 saturated heterocycles. The van der Waals surface area contributed by atoms with E-state index in [4.69, 9.17) is 10.1 Å². The summed E-state index contributed by atoms with van der Waals surface area (Å²) in [5, 5.41) is 35.9. The highest BCUT2D eigenvalue weighted by Crippen LogP contribution is 2.20. The molecule has 0 unspecified atom stereocenters. The molecule has 0 aliphatic rings. The van der Waals surface area contributed by atoms with Crippen LogP contribution in [0.2, 0.25) is 0 Å². The Morgan fingerprint density at radius 2 is 1.97 bits per heavy atom. The van der Waals surface area contributed by atoms with Gasteiger partial charge in [-0.25, -0.2) is 10.2 Å². The number of esters is 1. The van der Waals surface area contributed by atoms with E-state index in [1.54, 1.807) is 37.3 Å². The number of nitrogens with one attached hydrogen (secondary N) is 2. The van der Waals surface area contributed by atoms with Gasteiger partial charge < -0.3 is 14.4 Å². The average Bonchev–Trinajstić information content (AvgIpc) is 3.49. The summed E-state index contributed by atoms with van der Waals surface area (Å²) >= 11 is 2.30. The number of hydrogen-bond acceptors (Lipinski definition) is 9. The molecule has 4 rings (SSSR count). The Morgan fingerprint density at radius 1 is 1.26 bits per heavy atom. The molecule has 2 aromatic heterocycles. The molecule has 0 saturated carbocycles. The normalized spacial score (nSPS) is 12.9. The quantitative estimate of drug-likeness (QED) is 0.174. The number of hydrogen-bond donors (Lipinski definition) is 3. The zero-order chi connectivity index (χ0) is 27.9. The monoisotopic (exact) mass is 558 g/mol. The summed E-state index contributed by atoms with van der Waals surface area (Å²) in [5.41, 5.74) is 5.94. The third-order valence-electron chi connectivity index (χ3n) is 5.59. The molecule has 4 aromatic rings. The summed E-state index contributed by atoms with van der Waals surface area (Å²) in [4.78, 5) is 13.1. The number of nitrogens with zero attached hydrogens (tertiary/aromatic N) is 4. The van der Waals surface area contributed by atoms with Crippen LogP contribution in [0.1, 0.15) is 12.5 Å². The first-order valence-electron chi connectivity index (χ1n) is 11.9. The summed E-state index contributed by atoms with van der Waals surface area (Å²) in [7, 11) is 0. The van der Waals surface area contributed by atoms with Gasteiger partial charge in [0, 0.05) is 17.6 Å². The third-order valence-corrected chi connectivity index (χ3v) is 7.62. The minimum absolute atomic E-state index is 0.0925. The largest absolute Gasteiger partial charge is 0.493 e. The lowest BCUT2D eigenvalue weighted by molar-refractivity contribution is -0.136. The van der Waals surface area contributed by atoms with E-state index >= 15 is 0 Å². The standard InChI is InChI=1S/C28H26N6O3S2/c1-4-15-33-22(19-13-11-18(3)12-14-19)17-38-28(33)32-31-25(35)23-24(30)34(20-9-7-6-8-10-20)26(39-23)21(16-29)27(36)37-5-2/h4,6-14,17,30-31,35H,1,5,15H2,2-3H3/b25-23-,26-21-,30-24?,32-28+. The van der Waals surface area contributed by atoms with Crippen LogP contribution >= 0.6 is 22.7 Å². The number of aliphatic hydroxyl groups excluding tert-OH is 1. The molecule has 3 N–H and O–H groups in total. The summed E-state index contributed by atoms with van der Waals surface area (Å²) < 4.78 is 8.69. The number of aromatic nitrogens is 2. The molecule has 0 radical (unpaired) electrons. The summed E-state index contributed by atoms with van der Waals surface area (Å²) in [6, 6.07) is 18.9. The molecular formula is C28H26N6O3S2. The van der Waals surface area contributed by atoms with E-state index < -0.39 is 11.9 Å². The minimum Gasteiger partial charge on any atom is -0.493 e. The van der Waals surface area contributed by atoms with E-state index in [9.17, 15) is 15.2 Å². The number of thiazole rings is 2. The number of ether oxygens (including phenoxy) is 1. The number of aliphatic hydroxyl groups is 1. The van der Waals surface area contributed by atoms with Gasteiger partial charge in [0.25, 0.3) is 0 Å². The van der Waals surface area contributed by atoms with Crippen molar-refractivity contribution in [1.82, 2.24) is 14.6 Å². The Morgan fingerprint density at radius 3 is 2.62 bits per heavy atom. The highest BCUT2D eigenvalue weighted by molar-refractivity contribution is 7.08. The van der Waals surface area contributed by atoms with Crippen molar-refractivity contribution in [3.63, 3.8) is 0 Å². The van der Waals surface area contributed by atoms with Crippen molar-refractivity contribution in [2.24, 2.45) is 5.10 Å². The van der Waals surface area contributed by atoms with E-state index in [0.717, 1.165) is 28.2 Å². The fourth-order valence-corrected chi connectivity index (χ4v) is 5.68. The van der Waals surface area contributed by atoms with Crippen LogP contribution in [-0.4, -0.2) is 26.8 Å². The summed E-state index contributed by atoms with van der Waals surface area (Å²) in [5.74, 6) is -1.19. The van der Waals surface area contributed by atoms with E-state index in [-0.39, 0.29) is 26.9 Å². The lowest BCUT2D eigenvalue weighted by Crippen LogP contribution is -2.34. The lowest BCUT2D eigenvalue weighted by atomic mass is 10.1. The van der Waals surface area contributed by atoms with Gasteiger partial charge in [-0.05, 0) is 31.5 Å². The molecule has 39 heavy (non-hydrogen) atoms. The molecule has 0 spiro atoms. The maximum atomic E-state index is 12.5. The molecule has 0 amide bonds. The molecule has 9 nitrogen and oxygen atoms in total. The summed E-state index contributed by atoms with van der Waals surface area (Å²) in [6.07, 6.45) is 1.76. The summed E-state index contributed by atoms with van der Waals surface area (Å²) in [6.45, 7) is 8.11. The zero-order valence-corrected chi connectivity index (χ0v) is 23.0. The lowest BCUT2D eigenvalue weighted by Gasteiger charge is -2.07. The van der Waals surface area contributed by atoms with Crippen LogP contribution in [0.15, 0.2) is 77.7 Å². The van der Waals surface area contributed by atoms with Crippen LogP contribution in [0.5, 0.6) is 0 Å². The molecule has 2 aromatic carbocycles. The second kappa shape index (κ2) is 12.3. The maximum Gasteiger partial charge on any atom is 0.351 e. The van der Waals surface area contributed by atoms with Crippen molar-refractivity contribution < 1.29 is 14.6 Å². The number of nitriles is 1. The van der Waals surface area contributed by atoms with Gasteiger partial charge in [-0.3, -0.25) is 9.98 Å². The van der Waals surface area contributed by atoms with Crippen molar-refractivity contribution in [3.05, 3.63) is 97.7 Å². The predicted molar refractivity (Wildman–Crippen MR) is 152 cm³/mol. The van der Waals surface area contributed by atoms with Crippen LogP contribution in [0.25, 0.3) is 28.4 Å². The highest BCUT2D eigenvalue weighted by Gasteiger charge is 2.18. The number of allylic oxidation sites excluding steroid dienone is 1.